The van der Waals surface area contributed by atoms with Crippen LogP contribution < -0.4 is 4.74 Å². The van der Waals surface area contributed by atoms with Crippen LogP contribution in [0.2, 0.25) is 0 Å². The maximum Gasteiger partial charge on any atom is 0.252 e. The predicted octanol–water partition coefficient (Wildman–Crippen LogP) is 4.83. The van der Waals surface area contributed by atoms with Crippen LogP contribution in [0.25, 0.3) is 17.1 Å². The zero-order valence-corrected chi connectivity index (χ0v) is 16.7. The summed E-state index contributed by atoms with van der Waals surface area (Å²) in [6.07, 6.45) is 3.11. The van der Waals surface area contributed by atoms with Gasteiger partial charge in [0.25, 0.3) is 11.9 Å². The molecule has 0 fully saturated rings. The van der Waals surface area contributed by atoms with Gasteiger partial charge in [0.1, 0.15) is 5.75 Å². The SMILES string of the molecule is CCOc1ccc(-n2c(Sc3c(F)c(F)nc(F)c3F)nnc2-c2cccnc2)cc1. The predicted molar refractivity (Wildman–Crippen MR) is 104 cm³/mol. The Kier molecular flexibility index (Phi) is 5.85. The minimum Gasteiger partial charge on any atom is -0.494 e. The molecule has 4 rings (SSSR count). The molecule has 0 saturated heterocycles. The third-order valence-electron chi connectivity index (χ3n) is 4.11. The van der Waals surface area contributed by atoms with Crippen molar-refractivity contribution in [2.75, 3.05) is 6.61 Å². The smallest absolute Gasteiger partial charge is 0.252 e. The van der Waals surface area contributed by atoms with E-state index in [1.165, 1.54) is 10.8 Å². The van der Waals surface area contributed by atoms with Crippen LogP contribution >= 0.6 is 11.8 Å². The highest BCUT2D eigenvalue weighted by Gasteiger charge is 2.25. The highest BCUT2D eigenvalue weighted by atomic mass is 32.2. The minimum absolute atomic E-state index is 0.0224. The van der Waals surface area contributed by atoms with Gasteiger partial charge in [0.2, 0.25) is 5.16 Å². The van der Waals surface area contributed by atoms with E-state index in [9.17, 15) is 17.6 Å². The molecule has 0 radical (unpaired) electrons. The average molecular weight is 447 g/mol. The molecule has 0 bridgehead atoms. The van der Waals surface area contributed by atoms with Crippen LogP contribution in [-0.4, -0.2) is 31.3 Å². The van der Waals surface area contributed by atoms with Crippen molar-refractivity contribution in [1.29, 1.82) is 0 Å². The first-order valence-electron chi connectivity index (χ1n) is 8.96. The molecule has 31 heavy (non-hydrogen) atoms. The van der Waals surface area contributed by atoms with E-state index in [0.29, 0.717) is 41.2 Å². The first kappa shape index (κ1) is 20.8. The van der Waals surface area contributed by atoms with Crippen molar-refractivity contribution in [1.82, 2.24) is 24.7 Å². The van der Waals surface area contributed by atoms with Gasteiger partial charge in [0, 0.05) is 18.0 Å². The Hall–Kier alpha value is -3.47. The summed E-state index contributed by atoms with van der Waals surface area (Å²) in [7, 11) is 0. The summed E-state index contributed by atoms with van der Waals surface area (Å²) in [4.78, 5) is 5.70. The van der Waals surface area contributed by atoms with Crippen molar-refractivity contribution in [2.45, 2.75) is 17.0 Å². The number of hydrogen-bond acceptors (Lipinski definition) is 6. The summed E-state index contributed by atoms with van der Waals surface area (Å²) in [5.74, 6) is -5.80. The van der Waals surface area contributed by atoms with Crippen LogP contribution in [0.15, 0.2) is 58.8 Å². The lowest BCUT2D eigenvalue weighted by Crippen LogP contribution is -2.04. The largest absolute Gasteiger partial charge is 0.494 e. The molecule has 0 spiro atoms. The Morgan fingerprint density at radius 3 is 2.29 bits per heavy atom. The van der Waals surface area contributed by atoms with E-state index in [1.807, 2.05) is 6.92 Å². The van der Waals surface area contributed by atoms with Gasteiger partial charge in [0.05, 0.1) is 17.2 Å². The molecule has 4 aromatic rings. The Labute approximate surface area is 177 Å². The summed E-state index contributed by atoms with van der Waals surface area (Å²) in [6, 6.07) is 10.2. The number of nitrogens with zero attached hydrogens (tertiary/aromatic N) is 5. The van der Waals surface area contributed by atoms with Gasteiger partial charge in [-0.25, -0.2) is 8.78 Å². The third kappa shape index (κ3) is 4.08. The van der Waals surface area contributed by atoms with E-state index >= 15 is 0 Å². The minimum atomic E-state index is -1.75. The van der Waals surface area contributed by atoms with Crippen molar-refractivity contribution in [3.63, 3.8) is 0 Å². The van der Waals surface area contributed by atoms with Crippen LogP contribution in [0.4, 0.5) is 17.6 Å². The molecule has 6 nitrogen and oxygen atoms in total. The number of benzene rings is 1. The first-order chi connectivity index (χ1) is 15.0. The molecule has 0 amide bonds. The topological polar surface area (TPSA) is 65.7 Å². The first-order valence-corrected chi connectivity index (χ1v) is 9.78. The van der Waals surface area contributed by atoms with Crippen molar-refractivity contribution < 1.29 is 22.3 Å². The molecule has 1 aromatic carbocycles. The lowest BCUT2D eigenvalue weighted by Gasteiger charge is -2.12. The van der Waals surface area contributed by atoms with Crippen LogP contribution in [0, 0.1) is 23.5 Å². The molecule has 0 aliphatic carbocycles. The summed E-state index contributed by atoms with van der Waals surface area (Å²) < 4.78 is 62.4. The molecule has 0 unspecified atom stereocenters. The van der Waals surface area contributed by atoms with Crippen LogP contribution in [-0.2, 0) is 0 Å². The molecule has 158 valence electrons. The quantitative estimate of drug-likeness (QED) is 0.312. The fraction of sp³-hybridized carbons (Fsp3) is 0.100. The molecule has 11 heteroatoms. The second-order valence-electron chi connectivity index (χ2n) is 6.06. The molecule has 0 aliphatic rings. The summed E-state index contributed by atoms with van der Waals surface area (Å²) >= 11 is 0.388. The van der Waals surface area contributed by atoms with Crippen LogP contribution in [0.3, 0.4) is 0 Å². The van der Waals surface area contributed by atoms with Gasteiger partial charge >= 0.3 is 0 Å². The Morgan fingerprint density at radius 1 is 0.968 bits per heavy atom. The average Bonchev–Trinajstić information content (AvgIpc) is 3.20. The standard InChI is InChI=1S/C20H13F4N5OS/c1-2-30-13-7-5-12(6-8-13)29-19(11-4-3-9-25-10-11)27-28-20(29)31-16-14(21)17(23)26-18(24)15(16)22/h3-10H,2H2,1H3. The Morgan fingerprint density at radius 2 is 1.68 bits per heavy atom. The van der Waals surface area contributed by atoms with Gasteiger partial charge < -0.3 is 4.74 Å². The van der Waals surface area contributed by atoms with Gasteiger partial charge in [-0.3, -0.25) is 9.55 Å². The summed E-state index contributed by atoms with van der Waals surface area (Å²) in [5, 5.41) is 8.06. The molecular weight excluding hydrogens is 434 g/mol. The fourth-order valence-corrected chi connectivity index (χ4v) is 3.65. The van der Waals surface area contributed by atoms with E-state index in [2.05, 4.69) is 20.2 Å². The molecule has 3 aromatic heterocycles. The molecule has 0 atom stereocenters. The maximum atomic E-state index is 14.2. The number of aromatic nitrogens is 5. The highest BCUT2D eigenvalue weighted by molar-refractivity contribution is 7.99. The van der Waals surface area contributed by atoms with Gasteiger partial charge in [-0.1, -0.05) is 0 Å². The zero-order chi connectivity index (χ0) is 22.0. The maximum absolute atomic E-state index is 14.2. The number of pyridine rings is 2. The van der Waals surface area contributed by atoms with E-state index < -0.39 is 28.4 Å². The molecule has 0 N–H and O–H groups in total. The second-order valence-corrected chi connectivity index (χ2v) is 7.04. The number of ether oxygens (including phenoxy) is 1. The number of hydrogen-bond donors (Lipinski definition) is 0. The van der Waals surface area contributed by atoms with Crippen LogP contribution in [0.1, 0.15) is 6.92 Å². The van der Waals surface area contributed by atoms with Gasteiger partial charge in [-0.15, -0.1) is 10.2 Å². The van der Waals surface area contributed by atoms with E-state index in [-0.39, 0.29) is 5.16 Å². The molecular formula is C20H13F4N5OS. The van der Waals surface area contributed by atoms with Crippen molar-refractivity contribution in [2.24, 2.45) is 0 Å². The van der Waals surface area contributed by atoms with E-state index in [0.717, 1.165) is 0 Å². The summed E-state index contributed by atoms with van der Waals surface area (Å²) in [6.45, 7) is 2.32. The van der Waals surface area contributed by atoms with E-state index in [4.69, 9.17) is 4.74 Å². The normalized spacial score (nSPS) is 11.0. The van der Waals surface area contributed by atoms with Crippen molar-refractivity contribution >= 4 is 11.8 Å². The van der Waals surface area contributed by atoms with Gasteiger partial charge in [0.15, 0.2) is 17.5 Å². The van der Waals surface area contributed by atoms with Crippen molar-refractivity contribution in [3.8, 4) is 22.8 Å². The highest BCUT2D eigenvalue weighted by Crippen LogP contribution is 2.36. The Bertz CT molecular complexity index is 1190. The Balaban J connectivity index is 1.85. The van der Waals surface area contributed by atoms with Gasteiger partial charge in [-0.2, -0.15) is 13.8 Å². The third-order valence-corrected chi connectivity index (χ3v) is 5.12. The monoisotopic (exact) mass is 447 g/mol. The molecule has 3 heterocycles. The van der Waals surface area contributed by atoms with Crippen LogP contribution in [0.5, 0.6) is 5.75 Å². The fourth-order valence-electron chi connectivity index (χ4n) is 2.76. The number of halogens is 4. The summed E-state index contributed by atoms with van der Waals surface area (Å²) in [5.41, 5.74) is 1.11. The van der Waals surface area contributed by atoms with Crippen molar-refractivity contribution in [3.05, 3.63) is 72.3 Å². The lowest BCUT2D eigenvalue weighted by molar-refractivity contribution is 0.340. The zero-order valence-electron chi connectivity index (χ0n) is 15.9. The van der Waals surface area contributed by atoms with E-state index in [1.54, 1.807) is 42.6 Å². The molecule has 0 saturated carbocycles. The van der Waals surface area contributed by atoms with Gasteiger partial charge in [-0.05, 0) is 55.1 Å². The lowest BCUT2D eigenvalue weighted by atomic mass is 10.2. The number of rotatable bonds is 6. The second kappa shape index (κ2) is 8.72. The molecule has 0 aliphatic heterocycles.